The molecule has 3 heteroatoms. The molecule has 15 heavy (non-hydrogen) atoms. The highest BCUT2D eigenvalue weighted by atomic mass is 16.5. The van der Waals surface area contributed by atoms with Crippen LogP contribution in [0.1, 0.15) is 23.2 Å². The molecule has 0 fully saturated rings. The minimum atomic E-state index is 0.450. The number of rotatable bonds is 6. The van der Waals surface area contributed by atoms with Crippen LogP contribution in [0.15, 0.2) is 30.9 Å². The number of hydrogen-bond donors (Lipinski definition) is 1. The summed E-state index contributed by atoms with van der Waals surface area (Å²) in [6.45, 7) is 4.26. The molecule has 0 atom stereocenters. The van der Waals surface area contributed by atoms with Gasteiger partial charge in [0, 0.05) is 17.3 Å². The lowest BCUT2D eigenvalue weighted by atomic mass is 10.2. The van der Waals surface area contributed by atoms with Crippen LogP contribution in [0, 0.1) is 0 Å². The predicted molar refractivity (Wildman–Crippen MR) is 61.2 cm³/mol. The Balaban J connectivity index is 2.52. The number of unbranched alkanes of at least 4 members (excludes halogenated alkanes) is 1. The van der Waals surface area contributed by atoms with Crippen LogP contribution in [-0.2, 0) is 0 Å². The van der Waals surface area contributed by atoms with Crippen LogP contribution >= 0.6 is 0 Å². The van der Waals surface area contributed by atoms with Crippen molar-refractivity contribution in [1.82, 2.24) is 0 Å². The van der Waals surface area contributed by atoms with Crippen LogP contribution in [0.4, 0.5) is 5.69 Å². The molecule has 0 aromatic heterocycles. The quantitative estimate of drug-likeness (QED) is 0.336. The van der Waals surface area contributed by atoms with Gasteiger partial charge < -0.3 is 10.5 Å². The standard InChI is InChI=1S/C12H15NO2/c1-2-3-4-7-15-11-6-5-10(9-14)12(13)8-11/h2,5-6,8-9H,1,3-4,7,13H2. The zero-order valence-corrected chi connectivity index (χ0v) is 8.61. The number of aldehydes is 1. The maximum absolute atomic E-state index is 10.5. The molecule has 1 aromatic carbocycles. The molecule has 1 rings (SSSR count). The molecule has 2 N–H and O–H groups in total. The van der Waals surface area contributed by atoms with Crippen molar-refractivity contribution in [2.45, 2.75) is 12.8 Å². The van der Waals surface area contributed by atoms with E-state index in [1.165, 1.54) is 0 Å². The van der Waals surface area contributed by atoms with E-state index in [9.17, 15) is 4.79 Å². The van der Waals surface area contributed by atoms with Crippen molar-refractivity contribution < 1.29 is 9.53 Å². The van der Waals surface area contributed by atoms with Gasteiger partial charge in [0.2, 0.25) is 0 Å². The lowest BCUT2D eigenvalue weighted by Gasteiger charge is -2.06. The number of nitrogen functional groups attached to an aromatic ring is 1. The van der Waals surface area contributed by atoms with E-state index in [0.717, 1.165) is 19.1 Å². The summed E-state index contributed by atoms with van der Waals surface area (Å²) in [4.78, 5) is 10.5. The van der Waals surface area contributed by atoms with Crippen molar-refractivity contribution in [3.8, 4) is 5.75 Å². The Kier molecular flexibility index (Phi) is 4.41. The number of carbonyl (C=O) groups excluding carboxylic acids is 1. The average molecular weight is 205 g/mol. The monoisotopic (exact) mass is 205 g/mol. The Bertz CT molecular complexity index is 347. The molecule has 0 aliphatic carbocycles. The summed E-state index contributed by atoms with van der Waals surface area (Å²) in [6, 6.07) is 5.07. The lowest BCUT2D eigenvalue weighted by Crippen LogP contribution is -1.99. The number of ether oxygens (including phenoxy) is 1. The van der Waals surface area contributed by atoms with E-state index in [1.807, 2.05) is 6.08 Å². The number of allylic oxidation sites excluding steroid dienone is 1. The summed E-state index contributed by atoms with van der Waals surface area (Å²) in [5, 5.41) is 0. The fourth-order valence-corrected chi connectivity index (χ4v) is 1.17. The summed E-state index contributed by atoms with van der Waals surface area (Å²) >= 11 is 0. The third kappa shape index (κ3) is 3.46. The van der Waals surface area contributed by atoms with E-state index < -0.39 is 0 Å². The highest BCUT2D eigenvalue weighted by Gasteiger charge is 1.99. The van der Waals surface area contributed by atoms with Crippen LogP contribution < -0.4 is 10.5 Å². The van der Waals surface area contributed by atoms with E-state index in [0.29, 0.717) is 23.6 Å². The van der Waals surface area contributed by atoms with Gasteiger partial charge in [-0.25, -0.2) is 0 Å². The number of hydrogen-bond acceptors (Lipinski definition) is 3. The second kappa shape index (κ2) is 5.86. The maximum Gasteiger partial charge on any atom is 0.152 e. The Labute approximate surface area is 89.5 Å². The van der Waals surface area contributed by atoms with Crippen LogP contribution in [0.3, 0.4) is 0 Å². The van der Waals surface area contributed by atoms with Crippen molar-refractivity contribution in [3.05, 3.63) is 36.4 Å². The normalized spacial score (nSPS) is 9.60. The summed E-state index contributed by atoms with van der Waals surface area (Å²) in [5.74, 6) is 0.696. The molecule has 0 saturated heterocycles. The zero-order chi connectivity index (χ0) is 11.1. The molecule has 0 radical (unpaired) electrons. The van der Waals surface area contributed by atoms with Crippen molar-refractivity contribution in [1.29, 1.82) is 0 Å². The third-order valence-corrected chi connectivity index (χ3v) is 2.01. The van der Waals surface area contributed by atoms with Gasteiger partial charge in [-0.15, -0.1) is 6.58 Å². The van der Waals surface area contributed by atoms with Gasteiger partial charge in [0.1, 0.15) is 5.75 Å². The number of benzene rings is 1. The van der Waals surface area contributed by atoms with E-state index in [-0.39, 0.29) is 0 Å². The van der Waals surface area contributed by atoms with Crippen LogP contribution in [0.25, 0.3) is 0 Å². The minimum absolute atomic E-state index is 0.450. The Morgan fingerprint density at radius 3 is 2.87 bits per heavy atom. The first-order valence-electron chi connectivity index (χ1n) is 4.86. The molecule has 80 valence electrons. The first kappa shape index (κ1) is 11.3. The van der Waals surface area contributed by atoms with Gasteiger partial charge >= 0.3 is 0 Å². The van der Waals surface area contributed by atoms with E-state index in [1.54, 1.807) is 18.2 Å². The molecular weight excluding hydrogens is 190 g/mol. The van der Waals surface area contributed by atoms with Crippen LogP contribution in [0.2, 0.25) is 0 Å². The van der Waals surface area contributed by atoms with Gasteiger partial charge in [-0.2, -0.15) is 0 Å². The molecule has 0 unspecified atom stereocenters. The smallest absolute Gasteiger partial charge is 0.152 e. The molecule has 0 heterocycles. The Morgan fingerprint density at radius 2 is 2.27 bits per heavy atom. The largest absolute Gasteiger partial charge is 0.494 e. The fraction of sp³-hybridized carbons (Fsp3) is 0.250. The van der Waals surface area contributed by atoms with Crippen LogP contribution in [-0.4, -0.2) is 12.9 Å². The van der Waals surface area contributed by atoms with Crippen molar-refractivity contribution >= 4 is 12.0 Å². The average Bonchev–Trinajstić information content (AvgIpc) is 2.25. The van der Waals surface area contributed by atoms with Gasteiger partial charge in [-0.1, -0.05) is 6.08 Å². The van der Waals surface area contributed by atoms with Gasteiger partial charge in [0.15, 0.2) is 6.29 Å². The molecule has 3 nitrogen and oxygen atoms in total. The fourth-order valence-electron chi connectivity index (χ4n) is 1.17. The van der Waals surface area contributed by atoms with Crippen molar-refractivity contribution in [3.63, 3.8) is 0 Å². The highest BCUT2D eigenvalue weighted by molar-refractivity contribution is 5.83. The van der Waals surface area contributed by atoms with E-state index in [2.05, 4.69) is 6.58 Å². The molecular formula is C12H15NO2. The summed E-state index contributed by atoms with van der Waals surface area (Å²) < 4.78 is 5.44. The molecule has 0 bridgehead atoms. The lowest BCUT2D eigenvalue weighted by molar-refractivity contribution is 0.112. The third-order valence-electron chi connectivity index (χ3n) is 2.01. The van der Waals surface area contributed by atoms with Gasteiger partial charge in [-0.05, 0) is 25.0 Å². The number of nitrogens with two attached hydrogens (primary N) is 1. The van der Waals surface area contributed by atoms with E-state index in [4.69, 9.17) is 10.5 Å². The molecule has 0 aliphatic rings. The number of anilines is 1. The Morgan fingerprint density at radius 1 is 1.47 bits per heavy atom. The number of carbonyl (C=O) groups is 1. The Hall–Kier alpha value is -1.77. The SMILES string of the molecule is C=CCCCOc1ccc(C=O)c(N)c1. The van der Waals surface area contributed by atoms with Gasteiger partial charge in [0.05, 0.1) is 6.61 Å². The second-order valence-corrected chi connectivity index (χ2v) is 3.19. The first-order chi connectivity index (χ1) is 7.27. The van der Waals surface area contributed by atoms with Crippen molar-refractivity contribution in [2.75, 3.05) is 12.3 Å². The molecule has 0 saturated carbocycles. The first-order valence-corrected chi connectivity index (χ1v) is 4.86. The van der Waals surface area contributed by atoms with Gasteiger partial charge in [-0.3, -0.25) is 4.79 Å². The van der Waals surface area contributed by atoms with Crippen LogP contribution in [0.5, 0.6) is 5.75 Å². The highest BCUT2D eigenvalue weighted by Crippen LogP contribution is 2.18. The molecule has 0 amide bonds. The topological polar surface area (TPSA) is 52.3 Å². The maximum atomic E-state index is 10.5. The van der Waals surface area contributed by atoms with Crippen molar-refractivity contribution in [2.24, 2.45) is 0 Å². The van der Waals surface area contributed by atoms with E-state index >= 15 is 0 Å². The predicted octanol–water partition coefficient (Wildman–Crippen LogP) is 2.43. The summed E-state index contributed by atoms with van der Waals surface area (Å²) in [6.07, 6.45) is 4.45. The minimum Gasteiger partial charge on any atom is -0.494 e. The molecule has 1 aromatic rings. The summed E-state index contributed by atoms with van der Waals surface area (Å²) in [5.41, 5.74) is 6.58. The summed E-state index contributed by atoms with van der Waals surface area (Å²) in [7, 11) is 0. The van der Waals surface area contributed by atoms with Gasteiger partial charge in [0.25, 0.3) is 0 Å². The molecule has 0 aliphatic heterocycles. The zero-order valence-electron chi connectivity index (χ0n) is 8.61. The molecule has 0 spiro atoms. The second-order valence-electron chi connectivity index (χ2n) is 3.19.